The van der Waals surface area contributed by atoms with Crippen molar-refractivity contribution in [1.82, 2.24) is 0 Å². The minimum absolute atomic E-state index is 0. The molecule has 0 aromatic heterocycles. The minimum Gasteiger partial charge on any atom is -1.00 e. The first-order chi connectivity index (χ1) is 24.6. The van der Waals surface area contributed by atoms with Crippen LogP contribution >= 0.6 is 0 Å². The molecule has 0 heterocycles. The third kappa shape index (κ3) is 7.61. The van der Waals surface area contributed by atoms with E-state index in [1.54, 1.807) is 0 Å². The molecule has 4 heteroatoms. The summed E-state index contributed by atoms with van der Waals surface area (Å²) in [4.78, 5) is 1.49. The van der Waals surface area contributed by atoms with Crippen molar-refractivity contribution < 1.29 is 51.0 Å². The maximum absolute atomic E-state index is 4.15. The molecule has 54 heavy (non-hydrogen) atoms. The van der Waals surface area contributed by atoms with E-state index < -0.39 is 8.41 Å². The van der Waals surface area contributed by atoms with Crippen LogP contribution in [-0.4, -0.2) is 8.41 Å². The Kier molecular flexibility index (Phi) is 12.8. The molecule has 2 aliphatic rings. The molecule has 0 atom stereocenters. The predicted molar refractivity (Wildman–Crippen MR) is 219 cm³/mol. The molecule has 0 spiro atoms. The van der Waals surface area contributed by atoms with Crippen LogP contribution in [0, 0.1) is 15.3 Å². The first kappa shape index (κ1) is 41.5. The van der Waals surface area contributed by atoms with Gasteiger partial charge in [-0.25, -0.2) is 0 Å². The smallest absolute Gasteiger partial charge is 1.00 e. The van der Waals surface area contributed by atoms with Crippen LogP contribution in [-0.2, 0) is 37.0 Å². The Morgan fingerprint density at radius 3 is 1.59 bits per heavy atom. The van der Waals surface area contributed by atoms with Crippen molar-refractivity contribution in [3.8, 4) is 22.3 Å². The van der Waals surface area contributed by atoms with Gasteiger partial charge in [0.25, 0.3) is 0 Å². The van der Waals surface area contributed by atoms with Crippen LogP contribution in [0.4, 0.5) is 0 Å². The van der Waals surface area contributed by atoms with Gasteiger partial charge in [0.05, 0.1) is 8.41 Å². The summed E-state index contributed by atoms with van der Waals surface area (Å²) in [6, 6.07) is 49.7. The third-order valence-electron chi connectivity index (χ3n) is 10.4. The molecule has 0 N–H and O–H groups in total. The average Bonchev–Trinajstić information content (AvgIpc) is 3.80. The Morgan fingerprint density at radius 2 is 1.11 bits per heavy atom. The zero-order valence-electron chi connectivity index (χ0n) is 31.9. The van der Waals surface area contributed by atoms with Crippen LogP contribution in [0.2, 0.25) is 0 Å². The molecule has 0 bridgehead atoms. The fourth-order valence-corrected chi connectivity index (χ4v) is 11.4. The second kappa shape index (κ2) is 16.6. The molecule has 0 amide bonds. The maximum Gasteiger partial charge on any atom is 3.00 e. The van der Waals surface area contributed by atoms with Crippen LogP contribution in [0.3, 0.4) is 0 Å². The second-order valence-corrected chi connectivity index (χ2v) is 18.4. The molecule has 2 aliphatic carbocycles. The summed E-state index contributed by atoms with van der Waals surface area (Å²) in [6.07, 6.45) is 11.9. The quantitative estimate of drug-likeness (QED) is 0.178. The molecule has 6 aromatic carbocycles. The molecule has 6 aromatic rings. The SMILES string of the molecule is CC(C)(C)c1cc2c(cc1-c1ccccc1)=[C-]c1c(C3=CC=CC3)c(-c3ccccc3)c(C(C)(C)C)c(=[Si](c3ccccc3)c3ccccc3)c1=2.[Cl-].[Cl-].[Zr+3]. The van der Waals surface area contributed by atoms with Crippen molar-refractivity contribution >= 4 is 30.4 Å². The zero-order chi connectivity index (χ0) is 35.3. The van der Waals surface area contributed by atoms with Crippen molar-refractivity contribution in [2.75, 3.05) is 0 Å². The van der Waals surface area contributed by atoms with Gasteiger partial charge in [0.2, 0.25) is 0 Å². The first-order valence-corrected chi connectivity index (χ1v) is 19.8. The molecular weight excluding hydrogens is 791 g/mol. The van der Waals surface area contributed by atoms with Gasteiger partial charge in [-0.15, -0.1) is 33.4 Å². The zero-order valence-corrected chi connectivity index (χ0v) is 36.9. The molecule has 0 nitrogen and oxygen atoms in total. The molecule has 1 radical (unpaired) electrons. The molecule has 0 saturated carbocycles. The van der Waals surface area contributed by atoms with E-state index in [1.165, 1.54) is 80.9 Å². The van der Waals surface area contributed by atoms with E-state index >= 15 is 0 Å². The van der Waals surface area contributed by atoms with E-state index in [0.717, 1.165) is 6.42 Å². The fourth-order valence-electron chi connectivity index (χ4n) is 8.18. The summed E-state index contributed by atoms with van der Waals surface area (Å²) < 4.78 is 0. The number of allylic oxidation sites excluding steroid dienone is 4. The van der Waals surface area contributed by atoms with Gasteiger partial charge < -0.3 is 24.8 Å². The Hall–Kier alpha value is -3.65. The largest absolute Gasteiger partial charge is 3.00 e. The standard InChI is InChI=1S/C50H45Si.2ClH.Zr/c1-49(2,3)43-33-41-37(31-40(43)34-21-11-7-12-22-34)32-42-44(35-25-19-20-26-35)45(36-23-13-8-14-24-36)47(50(4,5)6)48(46(41)42)51(38-27-15-9-16-28-38)39-29-17-10-18-30-39;;;/h7-25,27-31,33H,26H2,1-6H3;2*1H;/q-1;;;+3/p-2. The third-order valence-corrected chi connectivity index (χ3v) is 13.2. The summed E-state index contributed by atoms with van der Waals surface area (Å²) in [7, 11) is -1.51. The average molecular weight is 836 g/mol. The van der Waals surface area contributed by atoms with Crippen molar-refractivity contribution in [3.05, 3.63) is 194 Å². The summed E-state index contributed by atoms with van der Waals surface area (Å²) >= 11 is 0. The van der Waals surface area contributed by atoms with Gasteiger partial charge >= 0.3 is 26.2 Å². The van der Waals surface area contributed by atoms with Gasteiger partial charge in [0.1, 0.15) is 0 Å². The van der Waals surface area contributed by atoms with Gasteiger partial charge in [0, 0.05) is 0 Å². The topological polar surface area (TPSA) is 0 Å². The second-order valence-electron chi connectivity index (χ2n) is 16.0. The predicted octanol–water partition coefficient (Wildman–Crippen LogP) is 4.41. The van der Waals surface area contributed by atoms with Crippen molar-refractivity contribution in [2.45, 2.75) is 58.8 Å². The number of fused-ring (bicyclic) bond motifs is 2. The molecule has 0 fully saturated rings. The van der Waals surface area contributed by atoms with E-state index in [1.807, 2.05) is 0 Å². The summed E-state index contributed by atoms with van der Waals surface area (Å²) in [6.45, 7) is 14.3. The van der Waals surface area contributed by atoms with E-state index in [4.69, 9.17) is 0 Å². The summed E-state index contributed by atoms with van der Waals surface area (Å²) in [5, 5.41) is 6.69. The Morgan fingerprint density at radius 1 is 0.593 bits per heavy atom. The van der Waals surface area contributed by atoms with Crippen LogP contribution in [0.5, 0.6) is 0 Å². The number of hydrogen-bond acceptors (Lipinski definition) is 0. The maximum atomic E-state index is 4.15. The normalized spacial score (nSPS) is 12.7. The Bertz CT molecular complexity index is 2540. The van der Waals surface area contributed by atoms with Crippen LogP contribution < -0.4 is 40.4 Å². The number of hydrogen-bond donors (Lipinski definition) is 0. The van der Waals surface area contributed by atoms with E-state index in [9.17, 15) is 0 Å². The van der Waals surface area contributed by atoms with Crippen molar-refractivity contribution in [1.29, 1.82) is 0 Å². The Balaban J connectivity index is 0.00000187. The molecular formula is C50H45Cl2SiZr. The minimum atomic E-state index is -1.51. The van der Waals surface area contributed by atoms with Gasteiger partial charge in [-0.05, 0) is 61.0 Å². The van der Waals surface area contributed by atoms with Gasteiger partial charge in [-0.3, -0.25) is 0 Å². The number of benzene rings is 6. The summed E-state index contributed by atoms with van der Waals surface area (Å²) in [5.74, 6) is 0. The van der Waals surface area contributed by atoms with Crippen LogP contribution in [0.15, 0.2) is 152 Å². The van der Waals surface area contributed by atoms with Gasteiger partial charge in [-0.2, -0.15) is 0 Å². The van der Waals surface area contributed by atoms with Gasteiger partial charge in [-0.1, -0.05) is 203 Å². The molecule has 0 aliphatic heterocycles. The number of halogens is 2. The monoisotopic (exact) mass is 833 g/mol. The summed E-state index contributed by atoms with van der Waals surface area (Å²) in [5.41, 5.74) is 11.8. The fraction of sp³-hybridized carbons (Fsp3) is 0.180. The van der Waals surface area contributed by atoms with E-state index in [0.29, 0.717) is 0 Å². The van der Waals surface area contributed by atoms with Gasteiger partial charge in [0.15, 0.2) is 0 Å². The van der Waals surface area contributed by atoms with E-state index in [-0.39, 0.29) is 61.8 Å². The van der Waals surface area contributed by atoms with Crippen LogP contribution in [0.25, 0.3) is 33.9 Å². The van der Waals surface area contributed by atoms with Crippen LogP contribution in [0.1, 0.15) is 70.2 Å². The molecule has 267 valence electrons. The molecule has 0 unspecified atom stereocenters. The Labute approximate surface area is 354 Å². The van der Waals surface area contributed by atoms with Crippen molar-refractivity contribution in [3.63, 3.8) is 0 Å². The molecule has 8 rings (SSSR count). The van der Waals surface area contributed by atoms with Crippen molar-refractivity contribution in [2.24, 2.45) is 0 Å². The number of rotatable bonds is 5. The molecule has 0 saturated heterocycles. The van der Waals surface area contributed by atoms with E-state index in [2.05, 4.69) is 199 Å². The first-order valence-electron chi connectivity index (χ1n) is 18.3.